The van der Waals surface area contributed by atoms with Gasteiger partial charge < -0.3 is 15.2 Å². The maximum atomic E-state index is 12.5. The molecule has 0 unspecified atom stereocenters. The van der Waals surface area contributed by atoms with Crippen molar-refractivity contribution in [3.8, 4) is 17.2 Å². The number of nitrogens with one attached hydrogen (secondary N) is 1. The second kappa shape index (κ2) is 9.36. The summed E-state index contributed by atoms with van der Waals surface area (Å²) in [6, 6.07) is 24.4. The molecule has 0 saturated carbocycles. The number of fused-ring (bicyclic) bond motifs is 3. The molecule has 6 nitrogen and oxygen atoms in total. The molecule has 4 rings (SSSR count). The lowest BCUT2D eigenvalue weighted by atomic mass is 9.98. The summed E-state index contributed by atoms with van der Waals surface area (Å²) in [6.07, 6.45) is -0.557. The van der Waals surface area contributed by atoms with Crippen molar-refractivity contribution >= 4 is 12.1 Å². The highest BCUT2D eigenvalue weighted by Crippen LogP contribution is 2.44. The van der Waals surface area contributed by atoms with Crippen molar-refractivity contribution in [1.82, 2.24) is 5.32 Å². The second-order valence-electron chi connectivity index (χ2n) is 7.78. The van der Waals surface area contributed by atoms with Crippen molar-refractivity contribution < 1.29 is 19.4 Å². The van der Waals surface area contributed by atoms with Crippen LogP contribution in [-0.2, 0) is 16.0 Å². The summed E-state index contributed by atoms with van der Waals surface area (Å²) in [5.41, 5.74) is 5.85. The Morgan fingerprint density at radius 3 is 2.12 bits per heavy atom. The van der Waals surface area contributed by atoms with Gasteiger partial charge in [-0.15, -0.1) is 0 Å². The largest absolute Gasteiger partial charge is 0.481 e. The van der Waals surface area contributed by atoms with Gasteiger partial charge in [0.1, 0.15) is 6.61 Å². The minimum Gasteiger partial charge on any atom is -0.481 e. The third-order valence-electron chi connectivity index (χ3n) is 5.65. The van der Waals surface area contributed by atoms with Crippen LogP contribution in [0.1, 0.15) is 34.6 Å². The van der Waals surface area contributed by atoms with E-state index in [2.05, 4.69) is 17.4 Å². The van der Waals surface area contributed by atoms with Crippen LogP contribution in [0.25, 0.3) is 11.1 Å². The Kier molecular flexibility index (Phi) is 6.18. The van der Waals surface area contributed by atoms with Gasteiger partial charge in [-0.05, 0) is 46.4 Å². The molecular weight excluding hydrogens is 404 g/mol. The molecule has 1 aliphatic carbocycles. The van der Waals surface area contributed by atoms with E-state index in [0.717, 1.165) is 27.8 Å². The maximum absolute atomic E-state index is 12.5. The van der Waals surface area contributed by atoms with E-state index in [1.54, 1.807) is 24.3 Å². The summed E-state index contributed by atoms with van der Waals surface area (Å²) in [6.45, 7) is 0.163. The van der Waals surface area contributed by atoms with Crippen LogP contribution in [0.3, 0.4) is 0 Å². The molecule has 0 saturated heterocycles. The number of carbonyl (C=O) groups excluding carboxylic acids is 1. The van der Waals surface area contributed by atoms with E-state index in [0.29, 0.717) is 12.0 Å². The second-order valence-corrected chi connectivity index (χ2v) is 7.78. The first-order valence-corrected chi connectivity index (χ1v) is 10.4. The van der Waals surface area contributed by atoms with E-state index in [-0.39, 0.29) is 18.9 Å². The van der Waals surface area contributed by atoms with Gasteiger partial charge in [0.15, 0.2) is 0 Å². The van der Waals surface area contributed by atoms with Gasteiger partial charge in [0.05, 0.1) is 18.1 Å². The molecule has 0 radical (unpaired) electrons. The highest BCUT2D eigenvalue weighted by molar-refractivity contribution is 5.79. The lowest BCUT2D eigenvalue weighted by molar-refractivity contribution is -0.137. The van der Waals surface area contributed by atoms with Crippen molar-refractivity contribution in [2.45, 2.75) is 24.8 Å². The number of ether oxygens (including phenoxy) is 1. The number of benzene rings is 3. The number of nitrogens with zero attached hydrogens (tertiary/aromatic N) is 1. The van der Waals surface area contributed by atoms with E-state index in [1.165, 1.54) is 0 Å². The first-order chi connectivity index (χ1) is 15.5. The Morgan fingerprint density at radius 2 is 1.56 bits per heavy atom. The van der Waals surface area contributed by atoms with Crippen LogP contribution in [0.15, 0.2) is 72.8 Å². The molecule has 0 heterocycles. The zero-order valence-corrected chi connectivity index (χ0v) is 17.3. The van der Waals surface area contributed by atoms with Gasteiger partial charge in [-0.3, -0.25) is 4.79 Å². The highest BCUT2D eigenvalue weighted by atomic mass is 16.5. The highest BCUT2D eigenvalue weighted by Gasteiger charge is 2.29. The molecule has 0 spiro atoms. The summed E-state index contributed by atoms with van der Waals surface area (Å²) < 4.78 is 5.54. The Balaban J connectivity index is 1.42. The van der Waals surface area contributed by atoms with Gasteiger partial charge in [-0.2, -0.15) is 5.26 Å². The average Bonchev–Trinajstić information content (AvgIpc) is 3.11. The molecule has 160 valence electrons. The summed E-state index contributed by atoms with van der Waals surface area (Å²) in [4.78, 5) is 23.8. The summed E-state index contributed by atoms with van der Waals surface area (Å²) in [5, 5.41) is 20.9. The van der Waals surface area contributed by atoms with Crippen molar-refractivity contribution in [1.29, 1.82) is 5.26 Å². The number of carbonyl (C=O) groups is 2. The van der Waals surface area contributed by atoms with Gasteiger partial charge in [-0.1, -0.05) is 60.7 Å². The minimum atomic E-state index is -1.01. The molecule has 1 aliphatic rings. The standard InChI is InChI=1S/C26H22N2O4/c27-15-18-11-9-17(10-12-18)13-19(14-25(29)30)28-26(31)32-16-24-22-7-3-1-5-20(22)21-6-2-4-8-23(21)24/h1-12,19,24H,13-14,16H2,(H,28,31)(H,29,30)/t19-/m1/s1. The molecule has 1 amide bonds. The zero-order chi connectivity index (χ0) is 22.5. The first kappa shape index (κ1) is 21.1. The van der Waals surface area contributed by atoms with Gasteiger partial charge in [0.2, 0.25) is 0 Å². The zero-order valence-electron chi connectivity index (χ0n) is 17.3. The van der Waals surface area contributed by atoms with E-state index < -0.39 is 18.1 Å². The Bertz CT molecular complexity index is 1140. The van der Waals surface area contributed by atoms with E-state index in [4.69, 9.17) is 10.00 Å². The average molecular weight is 426 g/mol. The number of carboxylic acids is 1. The van der Waals surface area contributed by atoms with E-state index in [1.807, 2.05) is 42.5 Å². The monoisotopic (exact) mass is 426 g/mol. The number of aliphatic carboxylic acids is 1. The Morgan fingerprint density at radius 1 is 0.969 bits per heavy atom. The molecule has 0 fully saturated rings. The molecule has 0 aliphatic heterocycles. The fourth-order valence-corrected chi connectivity index (χ4v) is 4.19. The number of alkyl carbamates (subject to hydrolysis) is 1. The molecule has 0 aromatic heterocycles. The van der Waals surface area contributed by atoms with Crippen LogP contribution in [0.2, 0.25) is 0 Å². The van der Waals surface area contributed by atoms with Crippen LogP contribution in [0.4, 0.5) is 4.79 Å². The van der Waals surface area contributed by atoms with Crippen molar-refractivity contribution in [3.05, 3.63) is 95.1 Å². The quantitative estimate of drug-likeness (QED) is 0.580. The molecular formula is C26H22N2O4. The molecule has 3 aromatic rings. The summed E-state index contributed by atoms with van der Waals surface area (Å²) in [7, 11) is 0. The van der Waals surface area contributed by atoms with Gasteiger partial charge in [0.25, 0.3) is 0 Å². The number of hydrogen-bond acceptors (Lipinski definition) is 4. The van der Waals surface area contributed by atoms with Crippen LogP contribution >= 0.6 is 0 Å². The lowest BCUT2D eigenvalue weighted by Gasteiger charge is -2.19. The molecule has 6 heteroatoms. The minimum absolute atomic E-state index is 0.0652. The number of nitriles is 1. The van der Waals surface area contributed by atoms with Gasteiger partial charge in [0, 0.05) is 12.0 Å². The third kappa shape index (κ3) is 4.62. The molecule has 0 bridgehead atoms. The molecule has 32 heavy (non-hydrogen) atoms. The molecule has 3 aromatic carbocycles. The topological polar surface area (TPSA) is 99.4 Å². The van der Waals surface area contributed by atoms with Crippen LogP contribution in [0, 0.1) is 11.3 Å². The van der Waals surface area contributed by atoms with Crippen molar-refractivity contribution in [2.24, 2.45) is 0 Å². The van der Waals surface area contributed by atoms with E-state index >= 15 is 0 Å². The SMILES string of the molecule is N#Cc1ccc(C[C@H](CC(=O)O)NC(=O)OCC2c3ccccc3-c3ccccc32)cc1. The lowest BCUT2D eigenvalue weighted by Crippen LogP contribution is -2.39. The fraction of sp³-hybridized carbons (Fsp3) is 0.192. The molecule has 2 N–H and O–H groups in total. The normalized spacial score (nSPS) is 12.8. The van der Waals surface area contributed by atoms with Gasteiger partial charge in [-0.25, -0.2) is 4.79 Å². The van der Waals surface area contributed by atoms with Gasteiger partial charge >= 0.3 is 12.1 Å². The van der Waals surface area contributed by atoms with Crippen LogP contribution < -0.4 is 5.32 Å². The fourth-order valence-electron chi connectivity index (χ4n) is 4.19. The first-order valence-electron chi connectivity index (χ1n) is 10.4. The summed E-state index contributed by atoms with van der Waals surface area (Å²) >= 11 is 0. The molecule has 1 atom stereocenters. The number of carboxylic acid groups (broad SMARTS) is 1. The Hall–Kier alpha value is -4.11. The van der Waals surface area contributed by atoms with E-state index in [9.17, 15) is 14.7 Å². The Labute approximate surface area is 186 Å². The third-order valence-corrected chi connectivity index (χ3v) is 5.65. The smallest absolute Gasteiger partial charge is 0.407 e. The predicted molar refractivity (Wildman–Crippen MR) is 119 cm³/mol. The van der Waals surface area contributed by atoms with Crippen molar-refractivity contribution in [2.75, 3.05) is 6.61 Å². The van der Waals surface area contributed by atoms with Crippen molar-refractivity contribution in [3.63, 3.8) is 0 Å². The number of hydrogen-bond donors (Lipinski definition) is 2. The summed E-state index contributed by atoms with van der Waals surface area (Å²) in [5.74, 6) is -1.08. The van der Waals surface area contributed by atoms with Crippen LogP contribution in [0.5, 0.6) is 0 Å². The number of amides is 1. The maximum Gasteiger partial charge on any atom is 0.407 e. The number of rotatable bonds is 7. The predicted octanol–water partition coefficient (Wildman–Crippen LogP) is 4.48. The van der Waals surface area contributed by atoms with Crippen LogP contribution in [-0.4, -0.2) is 29.8 Å².